The van der Waals surface area contributed by atoms with Gasteiger partial charge in [-0.3, -0.25) is 9.59 Å². The highest BCUT2D eigenvalue weighted by Gasteiger charge is 2.19. The average molecular weight is 281 g/mol. The summed E-state index contributed by atoms with van der Waals surface area (Å²) in [6, 6.07) is 2.30. The summed E-state index contributed by atoms with van der Waals surface area (Å²) >= 11 is 0. The molecule has 7 heteroatoms. The van der Waals surface area contributed by atoms with Gasteiger partial charge < -0.3 is 25.8 Å². The van der Waals surface area contributed by atoms with Crippen LogP contribution in [0.1, 0.15) is 17.3 Å². The van der Waals surface area contributed by atoms with Gasteiger partial charge in [0.25, 0.3) is 5.91 Å². The summed E-state index contributed by atoms with van der Waals surface area (Å²) in [4.78, 5) is 23.5. The van der Waals surface area contributed by atoms with Crippen molar-refractivity contribution in [1.29, 1.82) is 0 Å². The molecule has 1 unspecified atom stereocenters. The van der Waals surface area contributed by atoms with Gasteiger partial charge in [0.15, 0.2) is 11.5 Å². The lowest BCUT2D eigenvalue weighted by molar-refractivity contribution is -0.122. The van der Waals surface area contributed by atoms with Crippen LogP contribution >= 0.6 is 0 Å². The Hall–Kier alpha value is -2.44. The highest BCUT2D eigenvalue weighted by Crippen LogP contribution is 2.31. The van der Waals surface area contributed by atoms with Gasteiger partial charge >= 0.3 is 0 Å². The van der Waals surface area contributed by atoms with E-state index in [-0.39, 0.29) is 17.2 Å². The van der Waals surface area contributed by atoms with Gasteiger partial charge in [-0.1, -0.05) is 0 Å². The number of hydrogen-bond acceptors (Lipinski definition) is 5. The molecule has 0 bridgehead atoms. The first-order chi connectivity index (χ1) is 9.44. The molecule has 1 aromatic rings. The highest BCUT2D eigenvalue weighted by atomic mass is 16.5. The van der Waals surface area contributed by atoms with E-state index in [4.69, 9.17) is 15.2 Å². The van der Waals surface area contributed by atoms with Crippen LogP contribution in [-0.2, 0) is 4.79 Å². The van der Waals surface area contributed by atoms with Gasteiger partial charge in [0.2, 0.25) is 5.91 Å². The minimum atomic E-state index is -0.667. The number of hydrogen-bond donors (Lipinski definition) is 3. The zero-order chi connectivity index (χ0) is 15.3. The first-order valence-electron chi connectivity index (χ1n) is 5.98. The second kappa shape index (κ2) is 6.65. The molecule has 0 spiro atoms. The second-order valence-corrected chi connectivity index (χ2v) is 4.10. The zero-order valence-corrected chi connectivity index (χ0v) is 11.9. The van der Waals surface area contributed by atoms with E-state index >= 15 is 0 Å². The van der Waals surface area contributed by atoms with Crippen molar-refractivity contribution in [2.45, 2.75) is 13.0 Å². The van der Waals surface area contributed by atoms with E-state index in [1.807, 2.05) is 0 Å². The van der Waals surface area contributed by atoms with E-state index in [0.717, 1.165) is 0 Å². The van der Waals surface area contributed by atoms with E-state index < -0.39 is 11.9 Å². The Morgan fingerprint density at radius 3 is 2.25 bits per heavy atom. The van der Waals surface area contributed by atoms with E-state index in [2.05, 4.69) is 10.6 Å². The summed E-state index contributed by atoms with van der Waals surface area (Å²) in [7, 11) is 4.43. The van der Waals surface area contributed by atoms with Crippen molar-refractivity contribution in [3.05, 3.63) is 17.7 Å². The van der Waals surface area contributed by atoms with Gasteiger partial charge in [-0.2, -0.15) is 0 Å². The van der Waals surface area contributed by atoms with Gasteiger partial charge in [-0.15, -0.1) is 0 Å². The number of benzene rings is 1. The lowest BCUT2D eigenvalue weighted by Gasteiger charge is -2.15. The van der Waals surface area contributed by atoms with E-state index in [9.17, 15) is 9.59 Å². The smallest absolute Gasteiger partial charge is 0.254 e. The molecule has 0 radical (unpaired) electrons. The van der Waals surface area contributed by atoms with Crippen LogP contribution in [0.5, 0.6) is 11.5 Å². The minimum Gasteiger partial charge on any atom is -0.493 e. The molecule has 0 aromatic heterocycles. The molecule has 20 heavy (non-hydrogen) atoms. The summed E-state index contributed by atoms with van der Waals surface area (Å²) in [5, 5.41) is 5.00. The third kappa shape index (κ3) is 3.31. The molecule has 0 saturated heterocycles. The highest BCUT2D eigenvalue weighted by molar-refractivity contribution is 6.02. The van der Waals surface area contributed by atoms with Crippen LogP contribution in [-0.4, -0.2) is 39.1 Å². The minimum absolute atomic E-state index is 0.221. The Balaban J connectivity index is 3.01. The Morgan fingerprint density at radius 1 is 1.20 bits per heavy atom. The Morgan fingerprint density at radius 2 is 1.75 bits per heavy atom. The number of amides is 2. The predicted molar refractivity (Wildman–Crippen MR) is 75.0 cm³/mol. The first kappa shape index (κ1) is 15.6. The van der Waals surface area contributed by atoms with Gasteiger partial charge in [0.1, 0.15) is 6.04 Å². The van der Waals surface area contributed by atoms with E-state index in [0.29, 0.717) is 11.5 Å². The lowest BCUT2D eigenvalue weighted by Crippen LogP contribution is -2.43. The molecule has 4 N–H and O–H groups in total. The number of likely N-dealkylation sites (N-methyl/N-ethyl adjacent to an activating group) is 1. The number of nitrogens with two attached hydrogens (primary N) is 1. The van der Waals surface area contributed by atoms with Crippen molar-refractivity contribution < 1.29 is 19.1 Å². The Labute approximate surface area is 117 Å². The first-order valence-corrected chi connectivity index (χ1v) is 5.98. The molecule has 1 rings (SSSR count). The number of nitrogen functional groups attached to an aromatic ring is 1. The van der Waals surface area contributed by atoms with Crippen molar-refractivity contribution in [1.82, 2.24) is 10.6 Å². The summed E-state index contributed by atoms with van der Waals surface area (Å²) in [6.45, 7) is 1.58. The number of nitrogens with one attached hydrogen (secondary N) is 2. The standard InChI is InChI=1S/C13H19N3O4/c1-7(12(17)15-2)16-13(18)8-5-10(19-3)11(20-4)6-9(8)14/h5-7H,14H2,1-4H3,(H,15,17)(H,16,18). The van der Waals surface area contributed by atoms with Crippen molar-refractivity contribution in [2.24, 2.45) is 0 Å². The van der Waals surface area contributed by atoms with Crippen LogP contribution < -0.4 is 25.8 Å². The number of carbonyl (C=O) groups excluding carboxylic acids is 2. The van der Waals surface area contributed by atoms with Gasteiger partial charge in [-0.25, -0.2) is 0 Å². The molecule has 0 saturated carbocycles. The Kier molecular flexibility index (Phi) is 5.19. The van der Waals surface area contributed by atoms with Crippen LogP contribution in [0.25, 0.3) is 0 Å². The summed E-state index contributed by atoms with van der Waals surface area (Å²) in [5.74, 6) is 0.0669. The quantitative estimate of drug-likeness (QED) is 0.667. The van der Waals surface area contributed by atoms with E-state index in [1.54, 1.807) is 6.92 Å². The zero-order valence-electron chi connectivity index (χ0n) is 11.9. The Bertz CT molecular complexity index is 517. The largest absolute Gasteiger partial charge is 0.493 e. The van der Waals surface area contributed by atoms with Crippen LogP contribution in [0.4, 0.5) is 5.69 Å². The fourth-order valence-electron chi connectivity index (χ4n) is 1.65. The normalized spacial score (nSPS) is 11.4. The van der Waals surface area contributed by atoms with Crippen LogP contribution in [0.15, 0.2) is 12.1 Å². The maximum atomic E-state index is 12.1. The monoisotopic (exact) mass is 281 g/mol. The molecule has 1 aromatic carbocycles. The fraction of sp³-hybridized carbons (Fsp3) is 0.385. The topological polar surface area (TPSA) is 103 Å². The molecule has 2 amide bonds. The number of ether oxygens (including phenoxy) is 2. The fourth-order valence-corrected chi connectivity index (χ4v) is 1.65. The third-order valence-corrected chi connectivity index (χ3v) is 2.79. The van der Waals surface area contributed by atoms with Gasteiger partial charge in [0.05, 0.1) is 19.8 Å². The maximum absolute atomic E-state index is 12.1. The van der Waals surface area contributed by atoms with E-state index in [1.165, 1.54) is 33.4 Å². The average Bonchev–Trinajstić information content (AvgIpc) is 2.45. The molecule has 0 heterocycles. The van der Waals surface area contributed by atoms with Crippen LogP contribution in [0.3, 0.4) is 0 Å². The SMILES string of the molecule is CNC(=O)C(C)NC(=O)c1cc(OC)c(OC)cc1N. The number of anilines is 1. The summed E-state index contributed by atoms with van der Waals surface area (Å²) < 4.78 is 10.2. The predicted octanol–water partition coefficient (Wildman–Crippen LogP) is 0.150. The lowest BCUT2D eigenvalue weighted by atomic mass is 10.1. The van der Waals surface area contributed by atoms with Gasteiger partial charge in [0, 0.05) is 18.8 Å². The molecule has 0 aliphatic rings. The van der Waals surface area contributed by atoms with Crippen LogP contribution in [0.2, 0.25) is 0 Å². The third-order valence-electron chi connectivity index (χ3n) is 2.79. The molecular formula is C13H19N3O4. The van der Waals surface area contributed by atoms with Crippen molar-refractivity contribution >= 4 is 17.5 Å². The van der Waals surface area contributed by atoms with Crippen LogP contribution in [0, 0.1) is 0 Å². The molecule has 110 valence electrons. The molecule has 0 fully saturated rings. The van der Waals surface area contributed by atoms with Crippen molar-refractivity contribution in [3.8, 4) is 11.5 Å². The van der Waals surface area contributed by atoms with Crippen molar-refractivity contribution in [3.63, 3.8) is 0 Å². The molecule has 0 aliphatic carbocycles. The molecule has 0 aliphatic heterocycles. The number of methoxy groups -OCH3 is 2. The molecule has 1 atom stereocenters. The second-order valence-electron chi connectivity index (χ2n) is 4.10. The number of carbonyl (C=O) groups is 2. The molecular weight excluding hydrogens is 262 g/mol. The van der Waals surface area contributed by atoms with Crippen molar-refractivity contribution in [2.75, 3.05) is 27.0 Å². The van der Waals surface area contributed by atoms with Gasteiger partial charge in [-0.05, 0) is 13.0 Å². The number of rotatable bonds is 5. The maximum Gasteiger partial charge on any atom is 0.254 e. The molecule has 7 nitrogen and oxygen atoms in total. The summed E-state index contributed by atoms with van der Waals surface area (Å²) in [6.07, 6.45) is 0. The summed E-state index contributed by atoms with van der Waals surface area (Å²) in [5.41, 5.74) is 6.27.